The highest BCUT2D eigenvalue weighted by Crippen LogP contribution is 2.36. The van der Waals surface area contributed by atoms with Crippen LogP contribution in [0.15, 0.2) is 67.3 Å². The summed E-state index contributed by atoms with van der Waals surface area (Å²) in [4.78, 5) is 24.0. The van der Waals surface area contributed by atoms with Crippen LogP contribution in [0.25, 0.3) is 33.1 Å². The molecule has 7 heteroatoms. The number of benzene rings is 1. The van der Waals surface area contributed by atoms with Crippen molar-refractivity contribution in [3.05, 3.63) is 84.3 Å². The predicted octanol–water partition coefficient (Wildman–Crippen LogP) is 3.87. The number of fused-ring (bicyclic) bond motifs is 2. The van der Waals surface area contributed by atoms with Gasteiger partial charge in [0.25, 0.3) is 5.91 Å². The Bertz CT molecular complexity index is 1370. The average Bonchev–Trinajstić information content (AvgIpc) is 3.30. The van der Waals surface area contributed by atoms with Gasteiger partial charge in [-0.25, -0.2) is 9.37 Å². The summed E-state index contributed by atoms with van der Waals surface area (Å²) in [5, 5.41) is 1.51. The average molecular weight is 385 g/mol. The lowest BCUT2D eigenvalue weighted by Crippen LogP contribution is -2.18. The van der Waals surface area contributed by atoms with E-state index in [2.05, 4.69) is 15.0 Å². The summed E-state index contributed by atoms with van der Waals surface area (Å²) in [7, 11) is 0. The SMILES string of the molecule is NC(=O)c1c(-c2cnc3[nH]ccc3c2)c2cc(F)ccc2n1Cc1ccncc1. The number of H-pyrrole nitrogens is 1. The van der Waals surface area contributed by atoms with Crippen LogP contribution >= 0.6 is 0 Å². The lowest BCUT2D eigenvalue weighted by molar-refractivity contribution is 0.0993. The highest BCUT2D eigenvalue weighted by Gasteiger charge is 2.23. The van der Waals surface area contributed by atoms with Crippen LogP contribution in [0.2, 0.25) is 0 Å². The Labute approximate surface area is 164 Å². The third kappa shape index (κ3) is 2.84. The smallest absolute Gasteiger partial charge is 0.266 e. The maximum Gasteiger partial charge on any atom is 0.266 e. The number of amides is 1. The van der Waals surface area contributed by atoms with Gasteiger partial charge in [0.1, 0.15) is 17.2 Å². The number of hydrogen-bond donors (Lipinski definition) is 2. The van der Waals surface area contributed by atoms with E-state index in [1.54, 1.807) is 30.9 Å². The molecule has 5 rings (SSSR count). The minimum absolute atomic E-state index is 0.319. The number of pyridine rings is 2. The van der Waals surface area contributed by atoms with Gasteiger partial charge in [0, 0.05) is 58.7 Å². The summed E-state index contributed by atoms with van der Waals surface area (Å²) in [6.07, 6.45) is 6.84. The lowest BCUT2D eigenvalue weighted by atomic mass is 10.0. The molecule has 0 saturated carbocycles. The van der Waals surface area contributed by atoms with E-state index < -0.39 is 5.91 Å². The zero-order valence-electron chi connectivity index (χ0n) is 15.3. The number of halogens is 1. The van der Waals surface area contributed by atoms with Crippen molar-refractivity contribution in [1.29, 1.82) is 0 Å². The van der Waals surface area contributed by atoms with Gasteiger partial charge in [-0.3, -0.25) is 9.78 Å². The Balaban J connectivity index is 1.83. The third-order valence-electron chi connectivity index (χ3n) is 5.04. The normalized spacial score (nSPS) is 11.3. The molecule has 5 aromatic rings. The number of hydrogen-bond acceptors (Lipinski definition) is 3. The Morgan fingerprint density at radius 2 is 1.97 bits per heavy atom. The zero-order valence-corrected chi connectivity index (χ0v) is 15.3. The van der Waals surface area contributed by atoms with E-state index in [9.17, 15) is 9.18 Å². The summed E-state index contributed by atoms with van der Waals surface area (Å²) in [5.41, 5.74) is 9.82. The van der Waals surface area contributed by atoms with Gasteiger partial charge < -0.3 is 15.3 Å². The molecule has 0 aliphatic heterocycles. The van der Waals surface area contributed by atoms with E-state index in [0.29, 0.717) is 28.8 Å². The first kappa shape index (κ1) is 17.1. The molecule has 3 N–H and O–H groups in total. The maximum absolute atomic E-state index is 14.2. The summed E-state index contributed by atoms with van der Waals surface area (Å²) >= 11 is 0. The minimum Gasteiger partial charge on any atom is -0.364 e. The standard InChI is InChI=1S/C22H16FN5O/c23-16-1-2-18-17(10-16)19(15-9-14-5-8-26-22(14)27-11-15)20(21(24)29)28(18)12-13-3-6-25-7-4-13/h1-11H,12H2,(H2,24,29)(H,26,27). The van der Waals surface area contributed by atoms with E-state index >= 15 is 0 Å². The van der Waals surface area contributed by atoms with Gasteiger partial charge in [-0.15, -0.1) is 0 Å². The number of nitrogens with zero attached hydrogens (tertiary/aromatic N) is 3. The molecule has 1 aromatic carbocycles. The van der Waals surface area contributed by atoms with Crippen LogP contribution in [0.5, 0.6) is 0 Å². The fourth-order valence-corrected chi connectivity index (χ4v) is 3.79. The van der Waals surface area contributed by atoms with Crippen molar-refractivity contribution in [3.63, 3.8) is 0 Å². The molecule has 0 radical (unpaired) electrons. The van der Waals surface area contributed by atoms with Crippen molar-refractivity contribution < 1.29 is 9.18 Å². The molecule has 0 atom stereocenters. The second-order valence-corrected chi connectivity index (χ2v) is 6.83. The van der Waals surface area contributed by atoms with E-state index in [1.165, 1.54) is 12.1 Å². The van der Waals surface area contributed by atoms with Crippen LogP contribution < -0.4 is 5.73 Å². The molecule has 0 bridgehead atoms. The van der Waals surface area contributed by atoms with E-state index in [-0.39, 0.29) is 5.82 Å². The van der Waals surface area contributed by atoms with Crippen molar-refractivity contribution >= 4 is 27.8 Å². The molecule has 0 aliphatic carbocycles. The second-order valence-electron chi connectivity index (χ2n) is 6.83. The van der Waals surface area contributed by atoms with Gasteiger partial charge in [-0.1, -0.05) is 0 Å². The highest BCUT2D eigenvalue weighted by molar-refractivity contribution is 6.10. The summed E-state index contributed by atoms with van der Waals surface area (Å²) in [5.74, 6) is -0.966. The molecule has 4 heterocycles. The van der Waals surface area contributed by atoms with Crippen molar-refractivity contribution in [2.24, 2.45) is 5.73 Å². The molecule has 0 fully saturated rings. The maximum atomic E-state index is 14.2. The van der Waals surface area contributed by atoms with Gasteiger partial charge in [-0.05, 0) is 48.0 Å². The van der Waals surface area contributed by atoms with E-state index in [0.717, 1.165) is 22.1 Å². The van der Waals surface area contributed by atoms with Gasteiger partial charge in [-0.2, -0.15) is 0 Å². The minimum atomic E-state index is -0.583. The van der Waals surface area contributed by atoms with Crippen molar-refractivity contribution in [1.82, 2.24) is 19.5 Å². The van der Waals surface area contributed by atoms with Crippen molar-refractivity contribution in [3.8, 4) is 11.1 Å². The van der Waals surface area contributed by atoms with Crippen LogP contribution in [0, 0.1) is 5.82 Å². The number of carbonyl (C=O) groups is 1. The van der Waals surface area contributed by atoms with Crippen LogP contribution in [0.4, 0.5) is 4.39 Å². The quantitative estimate of drug-likeness (QED) is 0.492. The van der Waals surface area contributed by atoms with Crippen LogP contribution in [0.3, 0.4) is 0 Å². The van der Waals surface area contributed by atoms with E-state index in [4.69, 9.17) is 5.73 Å². The predicted molar refractivity (Wildman–Crippen MR) is 109 cm³/mol. The second kappa shape index (κ2) is 6.56. The molecule has 142 valence electrons. The number of primary amides is 1. The fraction of sp³-hybridized carbons (Fsp3) is 0.0455. The molecule has 4 aromatic heterocycles. The Hall–Kier alpha value is -4.00. The molecule has 0 aliphatic rings. The monoisotopic (exact) mass is 385 g/mol. The topological polar surface area (TPSA) is 89.6 Å². The number of aromatic nitrogens is 4. The molecule has 6 nitrogen and oxygen atoms in total. The van der Waals surface area contributed by atoms with Gasteiger partial charge in [0.2, 0.25) is 0 Å². The molecule has 0 spiro atoms. The fourth-order valence-electron chi connectivity index (χ4n) is 3.79. The molecule has 0 unspecified atom stereocenters. The summed E-state index contributed by atoms with van der Waals surface area (Å²) in [6, 6.07) is 12.0. The number of carbonyl (C=O) groups excluding carboxylic acids is 1. The first-order valence-electron chi connectivity index (χ1n) is 9.06. The molecular weight excluding hydrogens is 369 g/mol. The first-order valence-corrected chi connectivity index (χ1v) is 9.06. The van der Waals surface area contributed by atoms with Crippen LogP contribution in [0.1, 0.15) is 16.1 Å². The van der Waals surface area contributed by atoms with Crippen molar-refractivity contribution in [2.45, 2.75) is 6.54 Å². The highest BCUT2D eigenvalue weighted by atomic mass is 19.1. The number of nitrogens with one attached hydrogen (secondary N) is 1. The van der Waals surface area contributed by atoms with Crippen LogP contribution in [-0.4, -0.2) is 25.4 Å². The summed E-state index contributed by atoms with van der Waals surface area (Å²) in [6.45, 7) is 0.406. The Kier molecular flexibility index (Phi) is 3.87. The zero-order chi connectivity index (χ0) is 20.0. The first-order chi connectivity index (χ1) is 14.1. The molecule has 0 saturated heterocycles. The van der Waals surface area contributed by atoms with E-state index in [1.807, 2.05) is 28.8 Å². The van der Waals surface area contributed by atoms with Crippen molar-refractivity contribution in [2.75, 3.05) is 0 Å². The van der Waals surface area contributed by atoms with Gasteiger partial charge in [0.05, 0.1) is 0 Å². The number of nitrogens with two attached hydrogens (primary N) is 1. The molecule has 1 amide bonds. The lowest BCUT2D eigenvalue weighted by Gasteiger charge is -2.10. The third-order valence-corrected chi connectivity index (χ3v) is 5.04. The number of rotatable bonds is 4. The van der Waals surface area contributed by atoms with Gasteiger partial charge >= 0.3 is 0 Å². The summed E-state index contributed by atoms with van der Waals surface area (Å²) < 4.78 is 16.0. The van der Waals surface area contributed by atoms with Crippen LogP contribution in [-0.2, 0) is 6.54 Å². The molecule has 29 heavy (non-hydrogen) atoms. The molecular formula is C22H16FN5O. The number of aromatic amines is 1. The Morgan fingerprint density at radius 1 is 1.14 bits per heavy atom. The largest absolute Gasteiger partial charge is 0.364 e. The van der Waals surface area contributed by atoms with Gasteiger partial charge in [0.15, 0.2) is 0 Å². The Morgan fingerprint density at radius 3 is 2.76 bits per heavy atom.